The molecule has 1 fully saturated rings. The third kappa shape index (κ3) is 0.897. The van der Waals surface area contributed by atoms with Crippen LogP contribution < -0.4 is 5.31 Å². The molecule has 1 atom stereocenters. The lowest BCUT2D eigenvalue weighted by molar-refractivity contribution is 0.546. The van der Waals surface area contributed by atoms with E-state index in [0.29, 0.717) is 0 Å². The molecule has 1 unspecified atom stereocenters. The van der Waals surface area contributed by atoms with E-state index in [1.54, 1.807) is 0 Å². The van der Waals surface area contributed by atoms with Gasteiger partial charge in [-0.3, -0.25) is 0 Å². The number of fused-ring (bicyclic) bond motifs is 1. The summed E-state index contributed by atoms with van der Waals surface area (Å²) < 4.78 is 77.4. The molecular formula is C8H13N. The zero-order chi connectivity index (χ0) is 15.1. The molecule has 0 bridgehead atoms. The first-order chi connectivity index (χ1) is 8.24. The number of rotatable bonds is 0. The lowest BCUT2D eigenvalue weighted by atomic mass is 9.91. The molecule has 0 aromatic carbocycles. The van der Waals surface area contributed by atoms with Crippen molar-refractivity contribution in [1.82, 2.24) is 5.31 Å². The summed E-state index contributed by atoms with van der Waals surface area (Å²) >= 11 is 0. The van der Waals surface area contributed by atoms with Crippen molar-refractivity contribution in [3.8, 4) is 0 Å². The van der Waals surface area contributed by atoms with Gasteiger partial charge in [-0.25, -0.2) is 0 Å². The van der Waals surface area contributed by atoms with Crippen LogP contribution in [0, 0.1) is 5.89 Å². The van der Waals surface area contributed by atoms with E-state index in [4.69, 9.17) is 13.7 Å². The van der Waals surface area contributed by atoms with Gasteiger partial charge in [-0.1, -0.05) is 11.6 Å². The van der Waals surface area contributed by atoms with Crippen LogP contribution in [0.1, 0.15) is 31.5 Å². The Morgan fingerprint density at radius 3 is 4.00 bits per heavy atom. The largest absolute Gasteiger partial charge is 0.312 e. The Kier molecular flexibility index (Phi) is 0.316. The second-order valence-corrected chi connectivity index (χ2v) is 1.83. The molecule has 0 radical (unpaired) electrons. The first kappa shape index (κ1) is 1.33. The molecule has 0 saturated carbocycles. The van der Waals surface area contributed by atoms with Crippen molar-refractivity contribution in [3.63, 3.8) is 0 Å². The lowest BCUT2D eigenvalue weighted by Gasteiger charge is -2.14. The fourth-order valence-electron chi connectivity index (χ4n) is 0.796. The molecule has 1 nitrogen and oxygen atoms in total. The zero-order valence-electron chi connectivity index (χ0n) is 14.7. The first-order valence-electron chi connectivity index (χ1n) is 7.69. The van der Waals surface area contributed by atoms with Gasteiger partial charge in [0, 0.05) is 25.3 Å². The highest BCUT2D eigenvalue weighted by molar-refractivity contribution is 5.16. The molecule has 0 aromatic heterocycles. The maximum absolute atomic E-state index is 8.12. The molecule has 0 aromatic rings. The minimum Gasteiger partial charge on any atom is -0.312 e. The Labute approximate surface area is 70.3 Å². The fraction of sp³-hybridized carbons (Fsp3) is 0.750. The van der Waals surface area contributed by atoms with Gasteiger partial charge in [0.2, 0.25) is 0 Å². The quantitative estimate of drug-likeness (QED) is 0.491. The monoisotopic (exact) mass is 133 g/mol. The van der Waals surface area contributed by atoms with Gasteiger partial charge < -0.3 is 5.31 Å². The summed E-state index contributed by atoms with van der Waals surface area (Å²) in [5.41, 5.74) is -0.528. The van der Waals surface area contributed by atoms with Crippen molar-refractivity contribution >= 4 is 0 Å². The van der Waals surface area contributed by atoms with Gasteiger partial charge >= 0.3 is 0 Å². The summed E-state index contributed by atoms with van der Waals surface area (Å²) in [7, 11) is 0. The Hall–Kier alpha value is -0.300. The predicted molar refractivity (Wildman–Crippen MR) is 38.3 cm³/mol. The highest BCUT2D eigenvalue weighted by Gasteiger charge is 2.21. The van der Waals surface area contributed by atoms with E-state index in [0.717, 1.165) is 6.08 Å². The molecule has 2 rings (SSSR count). The second kappa shape index (κ2) is 2.14. The maximum Gasteiger partial charge on any atom is 0.123 e. The topological polar surface area (TPSA) is 12.0 Å². The number of allylic oxidation sites excluding steroid dienone is 1. The smallest absolute Gasteiger partial charge is 0.123 e. The Balaban J connectivity index is 2.79. The van der Waals surface area contributed by atoms with E-state index in [2.05, 4.69) is 0 Å². The highest BCUT2D eigenvalue weighted by Crippen LogP contribution is 2.26. The van der Waals surface area contributed by atoms with E-state index in [9.17, 15) is 0 Å². The Morgan fingerprint density at radius 1 is 2.00 bits per heavy atom. The van der Waals surface area contributed by atoms with Gasteiger partial charge in [-0.2, -0.15) is 0 Å². The molecule has 1 heteroatoms. The SMILES string of the molecule is [2H]N1C([2H])([2H])C2=CCC([2H])([2H])C([2H])([2H])C2([2H])C1([2H])[2H]. The standard InChI is InChI=1S/C8H13N/c1-2-4-8-6-9-5-7(8)3-1/h3,8-9H,1-2,4-6H2/i2D2,4D2,5D2,6D2,8D/hD. The van der Waals surface area contributed by atoms with Crippen molar-refractivity contribution in [2.45, 2.75) is 19.2 Å². The number of hydrogen-bond acceptors (Lipinski definition) is 1. The summed E-state index contributed by atoms with van der Waals surface area (Å²) in [6, 6.07) is 0. The van der Waals surface area contributed by atoms with E-state index in [1.165, 1.54) is 0 Å². The van der Waals surface area contributed by atoms with Crippen LogP contribution in [-0.4, -0.2) is 13.0 Å². The van der Waals surface area contributed by atoms with E-state index >= 15 is 0 Å². The van der Waals surface area contributed by atoms with Crippen molar-refractivity contribution in [2.24, 2.45) is 5.89 Å². The summed E-state index contributed by atoms with van der Waals surface area (Å²) in [4.78, 5) is 0. The molecular weight excluding hydrogens is 110 g/mol. The molecule has 50 valence electrons. The van der Waals surface area contributed by atoms with Crippen LogP contribution in [0.5, 0.6) is 0 Å². The summed E-state index contributed by atoms with van der Waals surface area (Å²) in [6.45, 7) is -5.63. The normalized spacial score (nSPS) is 82.9. The minimum absolute atomic E-state index is 0.0853. The third-order valence-electron chi connectivity index (χ3n) is 1.24. The van der Waals surface area contributed by atoms with E-state index in [1.807, 2.05) is 0 Å². The van der Waals surface area contributed by atoms with Crippen molar-refractivity contribution in [2.75, 3.05) is 13.0 Å². The number of hydrogen-bond donors (Lipinski definition) is 1. The van der Waals surface area contributed by atoms with Gasteiger partial charge in [0.25, 0.3) is 0 Å². The third-order valence-corrected chi connectivity index (χ3v) is 1.24. The molecule has 1 N–H and O–H groups in total. The van der Waals surface area contributed by atoms with Crippen LogP contribution in [0.3, 0.4) is 0 Å². The minimum atomic E-state index is -2.99. The molecule has 0 amide bonds. The molecule has 1 aliphatic carbocycles. The molecule has 2 aliphatic rings. The molecule has 0 spiro atoms. The van der Waals surface area contributed by atoms with Crippen molar-refractivity contribution in [1.29, 1.82) is 0 Å². The molecule has 1 aliphatic heterocycles. The second-order valence-electron chi connectivity index (χ2n) is 1.83. The van der Waals surface area contributed by atoms with Gasteiger partial charge in [-0.15, -0.1) is 0 Å². The highest BCUT2D eigenvalue weighted by atomic mass is 14.9. The average Bonchev–Trinajstić information content (AvgIpc) is 2.33. The van der Waals surface area contributed by atoms with Gasteiger partial charge in [0.1, 0.15) is 1.41 Å². The van der Waals surface area contributed by atoms with E-state index < -0.39 is 43.6 Å². The molecule has 1 saturated heterocycles. The summed E-state index contributed by atoms with van der Waals surface area (Å²) in [5.74, 6) is -2.81. The van der Waals surface area contributed by atoms with Crippen LogP contribution >= 0.6 is 0 Å². The van der Waals surface area contributed by atoms with Crippen LogP contribution in [-0.2, 0) is 0 Å². The lowest BCUT2D eigenvalue weighted by Crippen LogP contribution is -2.09. The van der Waals surface area contributed by atoms with Crippen molar-refractivity contribution < 1.29 is 13.7 Å². The van der Waals surface area contributed by atoms with Crippen LogP contribution in [0.2, 0.25) is 1.41 Å². The predicted octanol–water partition coefficient (Wildman–Crippen LogP) is 1.32. The van der Waals surface area contributed by atoms with Crippen LogP contribution in [0.15, 0.2) is 11.6 Å². The molecule has 1 heterocycles. The Morgan fingerprint density at radius 2 is 3.00 bits per heavy atom. The first-order valence-corrected chi connectivity index (χ1v) is 2.75. The van der Waals surface area contributed by atoms with Gasteiger partial charge in [0.15, 0.2) is 0 Å². The average molecular weight is 133 g/mol. The van der Waals surface area contributed by atoms with E-state index in [-0.39, 0.29) is 5.31 Å². The maximum atomic E-state index is 8.12. The zero-order valence-corrected chi connectivity index (χ0v) is 4.73. The number of nitrogens with one attached hydrogen (secondary N) is 1. The summed E-state index contributed by atoms with van der Waals surface area (Å²) in [6.07, 6.45) is -4.91. The van der Waals surface area contributed by atoms with Gasteiger partial charge in [0.05, 0.1) is 0 Å². The molecule has 9 heavy (non-hydrogen) atoms. The van der Waals surface area contributed by atoms with Crippen molar-refractivity contribution in [3.05, 3.63) is 11.6 Å². The van der Waals surface area contributed by atoms with Crippen LogP contribution in [0.4, 0.5) is 0 Å². The fourth-order valence-corrected chi connectivity index (χ4v) is 0.796. The van der Waals surface area contributed by atoms with Gasteiger partial charge in [-0.05, 0) is 25.1 Å². The Bertz CT molecular complexity index is 454. The van der Waals surface area contributed by atoms with Crippen LogP contribution in [0.25, 0.3) is 0 Å². The summed E-state index contributed by atoms with van der Waals surface area (Å²) in [5, 5.41) is -0.0853.